The van der Waals surface area contributed by atoms with E-state index >= 15 is 0 Å². The standard InChI is InChI=1S/C35H30O5/c1-15-9-11-23(27-19(5)17(3)13-25-29(27)31(25)36)33(21(15)7)39-35(38)40-34-22(8)16(2)10-12-24(34)28-20(6)18(4)14-26-30(28)32(26)37/h9-14H,1-8H3. The number of rotatable bonds is 4. The topological polar surface area (TPSA) is 69.7 Å². The van der Waals surface area contributed by atoms with Crippen molar-refractivity contribution in [2.45, 2.75) is 55.4 Å². The minimum absolute atomic E-state index is 0.0294. The lowest BCUT2D eigenvalue weighted by atomic mass is 9.93. The largest absolute Gasteiger partial charge is 0.519 e. The molecule has 0 aromatic heterocycles. The molecule has 0 unspecified atom stereocenters. The van der Waals surface area contributed by atoms with Crippen LogP contribution in [0.5, 0.6) is 11.5 Å². The second kappa shape index (κ2) is 8.75. The van der Waals surface area contributed by atoms with Crippen LogP contribution < -0.4 is 20.3 Å². The molecule has 200 valence electrons. The van der Waals surface area contributed by atoms with Gasteiger partial charge in [-0.2, -0.15) is 0 Å². The van der Waals surface area contributed by atoms with Crippen molar-refractivity contribution < 1.29 is 14.3 Å². The highest BCUT2D eigenvalue weighted by molar-refractivity contribution is 6.11. The highest BCUT2D eigenvalue weighted by Gasteiger charge is 2.28. The Morgan fingerprint density at radius 3 is 1.27 bits per heavy atom. The van der Waals surface area contributed by atoms with Crippen LogP contribution in [0.15, 0.2) is 46.0 Å². The van der Waals surface area contributed by atoms with Crippen LogP contribution in [0.25, 0.3) is 43.8 Å². The average Bonchev–Trinajstić information content (AvgIpc) is 3.76. The Bertz CT molecular complexity index is 1940. The van der Waals surface area contributed by atoms with E-state index in [1.165, 1.54) is 0 Å². The van der Waals surface area contributed by atoms with E-state index in [1.807, 2.05) is 91.8 Å². The molecule has 0 amide bonds. The Morgan fingerprint density at radius 1 is 0.525 bits per heavy atom. The molecule has 0 bridgehead atoms. The number of carbonyl (C=O) groups excluding carboxylic acids is 1. The van der Waals surface area contributed by atoms with Gasteiger partial charge in [-0.1, -0.05) is 24.3 Å². The monoisotopic (exact) mass is 530 g/mol. The fourth-order valence-corrected chi connectivity index (χ4v) is 5.66. The number of benzene rings is 4. The van der Waals surface area contributed by atoms with Crippen LogP contribution in [0.1, 0.15) is 44.5 Å². The Balaban J connectivity index is 1.45. The summed E-state index contributed by atoms with van der Waals surface area (Å²) in [5.41, 5.74) is 10.5. The summed E-state index contributed by atoms with van der Waals surface area (Å²) in [6, 6.07) is 11.6. The average molecular weight is 531 g/mol. The van der Waals surface area contributed by atoms with Crippen LogP contribution in [0, 0.1) is 55.4 Å². The molecule has 0 heterocycles. The molecule has 0 radical (unpaired) electrons. The van der Waals surface area contributed by atoms with Gasteiger partial charge in [0.2, 0.25) is 0 Å². The van der Waals surface area contributed by atoms with Crippen molar-refractivity contribution in [3.8, 4) is 33.8 Å². The Morgan fingerprint density at radius 2 is 0.900 bits per heavy atom. The SMILES string of the molecule is Cc1ccc(-c2c(C)c(C)cc3c(=O)c23)c(OC(=O)Oc2c(-c3c(C)c(C)cc4c(=O)c34)ccc(C)c2C)c1C. The number of fused-ring (bicyclic) bond motifs is 2. The van der Waals surface area contributed by atoms with Crippen LogP contribution in [0.3, 0.4) is 0 Å². The lowest BCUT2D eigenvalue weighted by Crippen LogP contribution is -2.17. The summed E-state index contributed by atoms with van der Waals surface area (Å²) in [5, 5.41) is 2.80. The summed E-state index contributed by atoms with van der Waals surface area (Å²) >= 11 is 0. The normalized spacial score (nSPS) is 11.8. The number of hydrogen-bond donors (Lipinski definition) is 0. The second-order valence-electron chi connectivity index (χ2n) is 11.1. The molecule has 6 aromatic rings. The fraction of sp³-hybridized carbons (Fsp3) is 0.229. The predicted octanol–water partition coefficient (Wildman–Crippen LogP) is 7.84. The fourth-order valence-electron chi connectivity index (χ4n) is 5.66. The summed E-state index contributed by atoms with van der Waals surface area (Å²) in [5.74, 6) is 0.753. The van der Waals surface area contributed by atoms with Crippen LogP contribution in [-0.4, -0.2) is 6.16 Å². The zero-order valence-corrected chi connectivity index (χ0v) is 24.0. The summed E-state index contributed by atoms with van der Waals surface area (Å²) in [6.45, 7) is 15.6. The summed E-state index contributed by atoms with van der Waals surface area (Å²) in [7, 11) is 0. The van der Waals surface area contributed by atoms with Gasteiger partial charge in [-0.15, -0.1) is 0 Å². The third-order valence-electron chi connectivity index (χ3n) is 8.77. The Hall–Kier alpha value is -4.51. The van der Waals surface area contributed by atoms with E-state index in [2.05, 4.69) is 0 Å². The number of carbonyl (C=O) groups is 1. The number of aryl methyl sites for hydroxylation is 4. The third-order valence-corrected chi connectivity index (χ3v) is 8.77. The molecule has 6 aromatic carbocycles. The third kappa shape index (κ3) is 3.72. The van der Waals surface area contributed by atoms with Gasteiger partial charge in [-0.25, -0.2) is 4.79 Å². The molecule has 0 aliphatic rings. The lowest BCUT2D eigenvalue weighted by molar-refractivity contribution is 0.151. The van der Waals surface area contributed by atoms with E-state index in [9.17, 15) is 14.4 Å². The van der Waals surface area contributed by atoms with E-state index in [4.69, 9.17) is 9.47 Å². The zero-order chi connectivity index (χ0) is 28.8. The van der Waals surface area contributed by atoms with Crippen molar-refractivity contribution in [2.75, 3.05) is 0 Å². The molecule has 0 saturated heterocycles. The van der Waals surface area contributed by atoms with Gasteiger partial charge in [-0.05, 0) is 112 Å². The number of ether oxygens (including phenoxy) is 2. The van der Waals surface area contributed by atoms with Gasteiger partial charge in [-0.3, -0.25) is 9.59 Å². The minimum Gasteiger partial charge on any atom is -0.394 e. The first-order valence-electron chi connectivity index (χ1n) is 13.4. The van der Waals surface area contributed by atoms with Crippen molar-refractivity contribution in [1.29, 1.82) is 0 Å². The maximum Gasteiger partial charge on any atom is 0.519 e. The number of hydrogen-bond acceptors (Lipinski definition) is 5. The molecule has 40 heavy (non-hydrogen) atoms. The van der Waals surface area contributed by atoms with Crippen LogP contribution in [0.4, 0.5) is 4.79 Å². The molecule has 0 spiro atoms. The first-order valence-corrected chi connectivity index (χ1v) is 13.4. The van der Waals surface area contributed by atoms with Crippen molar-refractivity contribution in [2.24, 2.45) is 0 Å². The quantitative estimate of drug-likeness (QED) is 0.171. The Kier molecular flexibility index (Phi) is 5.63. The van der Waals surface area contributed by atoms with Crippen molar-refractivity contribution >= 4 is 27.7 Å². The Labute approximate surface area is 232 Å². The van der Waals surface area contributed by atoms with Crippen LogP contribution in [0.2, 0.25) is 0 Å². The molecule has 6 rings (SSSR count). The molecule has 0 fully saturated rings. The predicted molar refractivity (Wildman–Crippen MR) is 161 cm³/mol. The van der Waals surface area contributed by atoms with Gasteiger partial charge in [0.25, 0.3) is 0 Å². The first-order chi connectivity index (χ1) is 18.9. The van der Waals surface area contributed by atoms with Crippen LogP contribution >= 0.6 is 0 Å². The molecule has 0 saturated carbocycles. The lowest BCUT2D eigenvalue weighted by Gasteiger charge is -2.19. The van der Waals surface area contributed by atoms with E-state index in [0.29, 0.717) is 44.2 Å². The van der Waals surface area contributed by atoms with Crippen molar-refractivity contribution in [3.63, 3.8) is 0 Å². The molecular formula is C35H30O5. The highest BCUT2D eigenvalue weighted by atomic mass is 16.7. The van der Waals surface area contributed by atoms with Gasteiger partial charge >= 0.3 is 6.16 Å². The van der Waals surface area contributed by atoms with Gasteiger partial charge in [0.1, 0.15) is 11.5 Å². The molecule has 0 atom stereocenters. The van der Waals surface area contributed by atoms with Gasteiger partial charge in [0.05, 0.1) is 0 Å². The van der Waals surface area contributed by atoms with E-state index in [0.717, 1.165) is 55.6 Å². The van der Waals surface area contributed by atoms with Gasteiger partial charge < -0.3 is 9.47 Å². The smallest absolute Gasteiger partial charge is 0.394 e. The minimum atomic E-state index is -0.875. The van der Waals surface area contributed by atoms with E-state index < -0.39 is 6.16 Å². The first kappa shape index (κ1) is 25.8. The molecular weight excluding hydrogens is 500 g/mol. The maximum absolute atomic E-state index is 13.5. The van der Waals surface area contributed by atoms with Crippen LogP contribution in [-0.2, 0) is 0 Å². The highest BCUT2D eigenvalue weighted by Crippen LogP contribution is 2.44. The summed E-state index contributed by atoms with van der Waals surface area (Å²) < 4.78 is 12.0. The molecule has 0 N–H and O–H groups in total. The zero-order valence-electron chi connectivity index (χ0n) is 24.0. The molecule has 0 aliphatic carbocycles. The van der Waals surface area contributed by atoms with Gasteiger partial charge in [0, 0.05) is 43.8 Å². The molecule has 0 aliphatic heterocycles. The van der Waals surface area contributed by atoms with Gasteiger partial charge in [0.15, 0.2) is 10.9 Å². The summed E-state index contributed by atoms with van der Waals surface area (Å²) in [4.78, 5) is 38.6. The van der Waals surface area contributed by atoms with E-state index in [1.54, 1.807) is 0 Å². The van der Waals surface area contributed by atoms with E-state index in [-0.39, 0.29) is 10.9 Å². The summed E-state index contributed by atoms with van der Waals surface area (Å²) in [6.07, 6.45) is -0.875. The molecule has 5 heteroatoms. The maximum atomic E-state index is 13.5. The van der Waals surface area contributed by atoms with Crippen molar-refractivity contribution in [1.82, 2.24) is 0 Å². The second-order valence-corrected chi connectivity index (χ2v) is 11.1. The molecule has 5 nitrogen and oxygen atoms in total. The van der Waals surface area contributed by atoms with Crippen molar-refractivity contribution in [3.05, 3.63) is 101 Å².